The van der Waals surface area contributed by atoms with Crippen LogP contribution in [0.4, 0.5) is 0 Å². The Morgan fingerprint density at radius 1 is 0.279 bits per heavy atom. The van der Waals surface area contributed by atoms with Gasteiger partial charge in [-0.25, -0.2) is 0 Å². The van der Waals surface area contributed by atoms with E-state index >= 15 is 0 Å². The molecular formula is C36H45AlO6. The molecule has 6 nitrogen and oxygen atoms in total. The Hall–Kier alpha value is -3.40. The molecule has 0 aliphatic heterocycles. The van der Waals surface area contributed by atoms with E-state index in [0.717, 1.165) is 66.8 Å². The molecule has 0 saturated carbocycles. The van der Waals surface area contributed by atoms with Crippen molar-refractivity contribution in [1.82, 2.24) is 0 Å². The minimum Gasteiger partial charge on any atom is -0.545 e. The molecule has 43 heavy (non-hydrogen) atoms. The Labute approximate surface area is 268 Å². The number of carbonyl (C=O) groups is 3. The van der Waals surface area contributed by atoms with Gasteiger partial charge in [0.1, 0.15) is 0 Å². The maximum Gasteiger partial charge on any atom is 3.00 e. The summed E-state index contributed by atoms with van der Waals surface area (Å²) in [6.45, 7) is 28.7. The number of rotatable bonds is 3. The number of aromatic carboxylic acids is 3. The first-order chi connectivity index (χ1) is 19.1. The largest absolute Gasteiger partial charge is 3.00 e. The summed E-state index contributed by atoms with van der Waals surface area (Å²) in [6.07, 6.45) is 0. The molecule has 228 valence electrons. The number of carboxylic acids is 3. The maximum atomic E-state index is 10.9. The molecule has 0 atom stereocenters. The first kappa shape index (κ1) is 39.6. The van der Waals surface area contributed by atoms with Crippen LogP contribution in [0.5, 0.6) is 0 Å². The Morgan fingerprint density at radius 3 is 0.465 bits per heavy atom. The molecule has 0 saturated heterocycles. The van der Waals surface area contributed by atoms with Crippen LogP contribution in [-0.4, -0.2) is 35.3 Å². The second kappa shape index (κ2) is 15.4. The Morgan fingerprint density at radius 2 is 0.372 bits per heavy atom. The average molecular weight is 601 g/mol. The molecule has 0 bridgehead atoms. The van der Waals surface area contributed by atoms with Crippen LogP contribution in [-0.2, 0) is 0 Å². The van der Waals surface area contributed by atoms with Crippen molar-refractivity contribution in [2.24, 2.45) is 0 Å². The predicted molar refractivity (Wildman–Crippen MR) is 169 cm³/mol. The quantitative estimate of drug-likeness (QED) is 0.411. The third-order valence-electron chi connectivity index (χ3n) is 9.61. The third kappa shape index (κ3) is 7.96. The van der Waals surface area contributed by atoms with Gasteiger partial charge in [0.25, 0.3) is 0 Å². The molecule has 0 aliphatic carbocycles. The van der Waals surface area contributed by atoms with Crippen LogP contribution in [0.25, 0.3) is 0 Å². The molecule has 3 aromatic carbocycles. The van der Waals surface area contributed by atoms with E-state index in [9.17, 15) is 29.7 Å². The molecule has 0 aliphatic rings. The van der Waals surface area contributed by atoms with Crippen LogP contribution in [0.15, 0.2) is 0 Å². The Bertz CT molecular complexity index is 1320. The molecular weight excluding hydrogens is 555 g/mol. The topological polar surface area (TPSA) is 120 Å². The smallest absolute Gasteiger partial charge is 0.545 e. The molecule has 0 radical (unpaired) electrons. The Balaban J connectivity index is 0.000000608. The summed E-state index contributed by atoms with van der Waals surface area (Å²) in [6, 6.07) is 0. The fraction of sp³-hybridized carbons (Fsp3) is 0.417. The van der Waals surface area contributed by atoms with Crippen LogP contribution in [0.2, 0.25) is 0 Å². The number of benzene rings is 3. The molecule has 0 fully saturated rings. The molecule has 0 heterocycles. The zero-order valence-corrected chi connectivity index (χ0v) is 29.7. The van der Waals surface area contributed by atoms with Gasteiger partial charge < -0.3 is 29.7 Å². The van der Waals surface area contributed by atoms with Crippen molar-refractivity contribution in [3.05, 3.63) is 100 Å². The SMILES string of the molecule is Cc1c(C)c(C)c(C(=O)[O-])c(C)c1C.Cc1c(C)c(C)c(C(=O)[O-])c(C)c1C.Cc1c(C)c(C)c(C(=O)[O-])c(C)c1C.[Al+3]. The van der Waals surface area contributed by atoms with Crippen molar-refractivity contribution >= 4 is 35.3 Å². The molecule has 7 heteroatoms. The van der Waals surface area contributed by atoms with Gasteiger partial charge in [-0.15, -0.1) is 0 Å². The van der Waals surface area contributed by atoms with Gasteiger partial charge in [-0.2, -0.15) is 0 Å². The maximum absolute atomic E-state index is 10.9. The summed E-state index contributed by atoms with van der Waals surface area (Å²) in [7, 11) is 0. The molecule has 0 amide bonds. The van der Waals surface area contributed by atoms with Crippen molar-refractivity contribution in [3.63, 3.8) is 0 Å². The zero-order chi connectivity index (χ0) is 33.1. The molecule has 3 rings (SSSR count). The fourth-order valence-electron chi connectivity index (χ4n) is 5.42. The standard InChI is InChI=1S/3C12H16O2.Al/c3*1-6-7(2)9(4)11(12(13)14)10(5)8(6)3;/h3*1-5H3,(H,13,14);/q;;;+3/p-3. The van der Waals surface area contributed by atoms with Crippen molar-refractivity contribution in [3.8, 4) is 0 Å². The molecule has 0 unspecified atom stereocenters. The monoisotopic (exact) mass is 600 g/mol. The van der Waals surface area contributed by atoms with Crippen LogP contribution in [0, 0.1) is 104 Å². The van der Waals surface area contributed by atoms with Crippen LogP contribution < -0.4 is 15.3 Å². The van der Waals surface area contributed by atoms with E-state index in [0.29, 0.717) is 16.7 Å². The van der Waals surface area contributed by atoms with E-state index in [4.69, 9.17) is 0 Å². The van der Waals surface area contributed by atoms with E-state index < -0.39 is 17.9 Å². The minimum atomic E-state index is -1.08. The minimum absolute atomic E-state index is 0. The summed E-state index contributed by atoms with van der Waals surface area (Å²) in [5, 5.41) is 32.8. The number of hydrogen-bond acceptors (Lipinski definition) is 6. The van der Waals surface area contributed by atoms with Gasteiger partial charge in [0, 0.05) is 16.7 Å². The van der Waals surface area contributed by atoms with Crippen molar-refractivity contribution in [2.45, 2.75) is 104 Å². The van der Waals surface area contributed by atoms with Gasteiger partial charge in [-0.1, -0.05) is 0 Å². The van der Waals surface area contributed by atoms with E-state index in [-0.39, 0.29) is 17.4 Å². The molecule has 0 aromatic heterocycles. The third-order valence-corrected chi connectivity index (χ3v) is 9.61. The Kier molecular flexibility index (Phi) is 14.2. The van der Waals surface area contributed by atoms with Gasteiger partial charge in [-0.3, -0.25) is 0 Å². The van der Waals surface area contributed by atoms with Crippen LogP contribution in [0.3, 0.4) is 0 Å². The van der Waals surface area contributed by atoms with Gasteiger partial charge in [0.2, 0.25) is 0 Å². The van der Waals surface area contributed by atoms with Crippen molar-refractivity contribution < 1.29 is 29.7 Å². The molecule has 0 N–H and O–H groups in total. The second-order valence-electron chi connectivity index (χ2n) is 11.4. The normalized spacial score (nSPS) is 10.1. The number of carbonyl (C=O) groups excluding carboxylic acids is 3. The van der Waals surface area contributed by atoms with Gasteiger partial charge in [-0.05, 0) is 187 Å². The van der Waals surface area contributed by atoms with Crippen molar-refractivity contribution in [1.29, 1.82) is 0 Å². The first-order valence-electron chi connectivity index (χ1n) is 14.0. The van der Waals surface area contributed by atoms with Crippen molar-refractivity contribution in [2.75, 3.05) is 0 Å². The summed E-state index contributed by atoms with van der Waals surface area (Å²) in [5.74, 6) is -3.23. The van der Waals surface area contributed by atoms with Crippen LogP contribution >= 0.6 is 0 Å². The summed E-state index contributed by atoms with van der Waals surface area (Å²) >= 11 is 0. The fourth-order valence-corrected chi connectivity index (χ4v) is 5.42. The van der Waals surface area contributed by atoms with Gasteiger partial charge >= 0.3 is 17.4 Å². The number of hydrogen-bond donors (Lipinski definition) is 0. The first-order valence-corrected chi connectivity index (χ1v) is 14.0. The number of carboxylic acid groups (broad SMARTS) is 3. The van der Waals surface area contributed by atoms with Crippen LogP contribution in [0.1, 0.15) is 115 Å². The predicted octanol–water partition coefficient (Wildman–Crippen LogP) is 4.40. The summed E-state index contributed by atoms with van der Waals surface area (Å²) in [4.78, 5) is 32.8. The zero-order valence-electron chi connectivity index (χ0n) is 28.5. The molecule has 3 aromatic rings. The van der Waals surface area contributed by atoms with E-state index in [1.54, 1.807) is 0 Å². The van der Waals surface area contributed by atoms with Gasteiger partial charge in [0.05, 0.1) is 17.9 Å². The summed E-state index contributed by atoms with van der Waals surface area (Å²) in [5.41, 5.74) is 15.8. The van der Waals surface area contributed by atoms with E-state index in [1.165, 1.54) is 16.7 Å². The average Bonchev–Trinajstić information content (AvgIpc) is 2.91. The molecule has 0 spiro atoms. The van der Waals surface area contributed by atoms with E-state index in [2.05, 4.69) is 0 Å². The summed E-state index contributed by atoms with van der Waals surface area (Å²) < 4.78 is 0. The van der Waals surface area contributed by atoms with Gasteiger partial charge in [0.15, 0.2) is 0 Å². The second-order valence-corrected chi connectivity index (χ2v) is 11.4. The van der Waals surface area contributed by atoms with E-state index in [1.807, 2.05) is 104 Å².